The molecule has 22 heavy (non-hydrogen) atoms. The Morgan fingerprint density at radius 1 is 1.45 bits per heavy atom. The SMILES string of the molecule is Cn1c(O)[n+](C)c2[nH+]c(NCc3ccccc3Cl)[nH]c2c1=O. The van der Waals surface area contributed by atoms with Crippen molar-refractivity contribution < 1.29 is 14.7 Å². The molecule has 0 saturated carbocycles. The summed E-state index contributed by atoms with van der Waals surface area (Å²) in [7, 11) is 3.17. The Bertz CT molecular complexity index is 915. The van der Waals surface area contributed by atoms with Crippen LogP contribution in [0, 0.1) is 0 Å². The van der Waals surface area contributed by atoms with Gasteiger partial charge in [-0.05, 0) is 11.6 Å². The van der Waals surface area contributed by atoms with Crippen LogP contribution in [0.15, 0.2) is 29.1 Å². The topological polar surface area (TPSA) is 88.1 Å². The molecule has 0 amide bonds. The number of imidazole rings is 1. The van der Waals surface area contributed by atoms with Crippen LogP contribution in [0.5, 0.6) is 6.01 Å². The van der Waals surface area contributed by atoms with E-state index in [1.807, 2.05) is 24.3 Å². The molecular formula is C14H16ClN5O2+2. The van der Waals surface area contributed by atoms with Crippen LogP contribution in [-0.4, -0.2) is 14.7 Å². The molecule has 0 unspecified atom stereocenters. The monoisotopic (exact) mass is 321 g/mol. The second-order valence-corrected chi connectivity index (χ2v) is 5.42. The molecule has 0 saturated heterocycles. The van der Waals surface area contributed by atoms with Gasteiger partial charge in [0.25, 0.3) is 5.52 Å². The summed E-state index contributed by atoms with van der Waals surface area (Å²) >= 11 is 6.11. The first-order valence-corrected chi connectivity index (χ1v) is 7.07. The molecular weight excluding hydrogens is 306 g/mol. The fourth-order valence-corrected chi connectivity index (χ4v) is 2.50. The highest BCUT2D eigenvalue weighted by Gasteiger charge is 2.27. The van der Waals surface area contributed by atoms with Gasteiger partial charge in [0.05, 0.1) is 0 Å². The highest BCUT2D eigenvalue weighted by molar-refractivity contribution is 6.31. The van der Waals surface area contributed by atoms with Crippen molar-refractivity contribution in [3.63, 3.8) is 0 Å². The molecule has 7 nitrogen and oxygen atoms in total. The number of aromatic hydroxyl groups is 1. The Morgan fingerprint density at radius 2 is 2.18 bits per heavy atom. The van der Waals surface area contributed by atoms with E-state index in [4.69, 9.17) is 11.6 Å². The van der Waals surface area contributed by atoms with Gasteiger partial charge in [0.2, 0.25) is 0 Å². The molecule has 0 bridgehead atoms. The Kier molecular flexibility index (Phi) is 3.50. The molecule has 3 rings (SSSR count). The summed E-state index contributed by atoms with van der Waals surface area (Å²) in [5.41, 5.74) is 1.51. The summed E-state index contributed by atoms with van der Waals surface area (Å²) in [5, 5.41) is 13.7. The summed E-state index contributed by atoms with van der Waals surface area (Å²) in [4.78, 5) is 18.2. The number of benzene rings is 1. The van der Waals surface area contributed by atoms with E-state index < -0.39 is 0 Å². The van der Waals surface area contributed by atoms with Gasteiger partial charge in [-0.3, -0.25) is 4.98 Å². The van der Waals surface area contributed by atoms with Gasteiger partial charge < -0.3 is 10.4 Å². The van der Waals surface area contributed by atoms with E-state index in [0.29, 0.717) is 28.7 Å². The predicted octanol–water partition coefficient (Wildman–Crippen LogP) is 0.476. The van der Waals surface area contributed by atoms with Gasteiger partial charge in [-0.25, -0.2) is 4.79 Å². The van der Waals surface area contributed by atoms with E-state index >= 15 is 0 Å². The van der Waals surface area contributed by atoms with E-state index in [-0.39, 0.29) is 11.6 Å². The largest absolute Gasteiger partial charge is 0.519 e. The van der Waals surface area contributed by atoms with E-state index in [1.54, 1.807) is 7.05 Å². The number of aryl methyl sites for hydroxylation is 1. The highest BCUT2D eigenvalue weighted by atomic mass is 35.5. The van der Waals surface area contributed by atoms with Crippen LogP contribution in [0.3, 0.4) is 0 Å². The van der Waals surface area contributed by atoms with Gasteiger partial charge in [0.1, 0.15) is 14.1 Å². The molecule has 0 fully saturated rings. The molecule has 0 aliphatic heterocycles. The predicted molar refractivity (Wildman–Crippen MR) is 81.7 cm³/mol. The van der Waals surface area contributed by atoms with Crippen molar-refractivity contribution in [3.8, 4) is 6.01 Å². The summed E-state index contributed by atoms with van der Waals surface area (Å²) in [6.45, 7) is 0.499. The molecule has 2 aromatic heterocycles. The fraction of sp³-hybridized carbons (Fsp3) is 0.214. The number of aromatic amines is 2. The maximum absolute atomic E-state index is 12.1. The summed E-state index contributed by atoms with van der Waals surface area (Å²) in [6, 6.07) is 7.38. The van der Waals surface area contributed by atoms with Gasteiger partial charge in [0, 0.05) is 11.6 Å². The number of hydrogen-bond acceptors (Lipinski definition) is 3. The molecule has 1 aromatic carbocycles. The van der Waals surface area contributed by atoms with Crippen molar-refractivity contribution in [1.29, 1.82) is 0 Å². The molecule has 0 atom stereocenters. The Hall–Kier alpha value is -2.54. The first-order chi connectivity index (χ1) is 10.5. The van der Waals surface area contributed by atoms with Crippen molar-refractivity contribution >= 4 is 28.7 Å². The summed E-state index contributed by atoms with van der Waals surface area (Å²) in [6.07, 6.45) is 0. The number of aromatic nitrogens is 4. The van der Waals surface area contributed by atoms with Crippen LogP contribution in [0.2, 0.25) is 5.02 Å². The average Bonchev–Trinajstić information content (AvgIpc) is 2.94. The molecule has 0 spiro atoms. The van der Waals surface area contributed by atoms with Crippen LogP contribution in [0.4, 0.5) is 5.95 Å². The van der Waals surface area contributed by atoms with Gasteiger partial charge >= 0.3 is 23.2 Å². The lowest BCUT2D eigenvalue weighted by Gasteiger charge is -2.02. The number of nitrogens with one attached hydrogen (secondary N) is 3. The second-order valence-electron chi connectivity index (χ2n) is 5.02. The molecule has 0 aliphatic carbocycles. The van der Waals surface area contributed by atoms with E-state index in [0.717, 1.165) is 5.56 Å². The van der Waals surface area contributed by atoms with E-state index in [2.05, 4.69) is 15.3 Å². The van der Waals surface area contributed by atoms with Crippen molar-refractivity contribution in [2.24, 2.45) is 14.1 Å². The zero-order valence-corrected chi connectivity index (χ0v) is 12.9. The van der Waals surface area contributed by atoms with E-state index in [9.17, 15) is 9.90 Å². The maximum Gasteiger partial charge on any atom is 0.519 e. The zero-order valence-electron chi connectivity index (χ0n) is 12.1. The maximum atomic E-state index is 12.1. The third-order valence-electron chi connectivity index (χ3n) is 3.60. The highest BCUT2D eigenvalue weighted by Crippen LogP contribution is 2.15. The second kappa shape index (κ2) is 5.34. The van der Waals surface area contributed by atoms with Crippen LogP contribution >= 0.6 is 11.6 Å². The standard InChI is InChI=1S/C14H14ClN5O2/c1-19-11-10(12(21)20(2)14(19)22)17-13(18-11)16-7-8-5-3-4-6-9(8)15/h3-6H,7H2,1-2H3,(H2,16,17,18,21)/p+2. The number of nitrogens with zero attached hydrogens (tertiary/aromatic N) is 2. The number of halogens is 1. The zero-order chi connectivity index (χ0) is 15.9. The Balaban J connectivity index is 1.97. The van der Waals surface area contributed by atoms with Gasteiger partial charge in [-0.15, -0.1) is 9.13 Å². The normalized spacial score (nSPS) is 11.0. The molecule has 4 N–H and O–H groups in total. The van der Waals surface area contributed by atoms with Crippen LogP contribution in [0.25, 0.3) is 11.2 Å². The van der Waals surface area contributed by atoms with Crippen molar-refractivity contribution in [1.82, 2.24) is 9.55 Å². The number of hydrogen-bond donors (Lipinski definition) is 3. The van der Waals surface area contributed by atoms with Gasteiger partial charge in [0.15, 0.2) is 0 Å². The summed E-state index contributed by atoms with van der Waals surface area (Å²) < 4.78 is 2.67. The van der Waals surface area contributed by atoms with Crippen LogP contribution in [0.1, 0.15) is 5.56 Å². The van der Waals surface area contributed by atoms with Crippen molar-refractivity contribution in [3.05, 3.63) is 45.2 Å². The molecule has 8 heteroatoms. The minimum Gasteiger partial charge on any atom is -0.434 e. The van der Waals surface area contributed by atoms with Gasteiger partial charge in [-0.2, -0.15) is 4.98 Å². The minimum absolute atomic E-state index is 0.134. The first kappa shape index (κ1) is 14.4. The fourth-order valence-electron chi connectivity index (χ4n) is 2.30. The molecule has 0 aliphatic rings. The Labute approximate surface area is 130 Å². The summed E-state index contributed by atoms with van der Waals surface area (Å²) in [5.74, 6) is 0.563. The quantitative estimate of drug-likeness (QED) is 0.613. The lowest BCUT2D eigenvalue weighted by molar-refractivity contribution is -0.690. The number of H-pyrrole nitrogens is 2. The lowest BCUT2D eigenvalue weighted by Crippen LogP contribution is -2.40. The third kappa shape index (κ3) is 2.29. The van der Waals surface area contributed by atoms with Crippen molar-refractivity contribution in [2.75, 3.05) is 5.32 Å². The molecule has 3 aromatic rings. The number of fused-ring (bicyclic) bond motifs is 1. The van der Waals surface area contributed by atoms with Crippen LogP contribution < -0.4 is 20.4 Å². The molecule has 2 heterocycles. The first-order valence-electron chi connectivity index (χ1n) is 6.69. The third-order valence-corrected chi connectivity index (χ3v) is 3.97. The molecule has 0 radical (unpaired) electrons. The average molecular weight is 322 g/mol. The lowest BCUT2D eigenvalue weighted by atomic mass is 10.2. The van der Waals surface area contributed by atoms with E-state index in [1.165, 1.54) is 16.2 Å². The number of anilines is 1. The smallest absolute Gasteiger partial charge is 0.434 e. The molecule has 114 valence electrons. The Morgan fingerprint density at radius 3 is 2.91 bits per heavy atom. The van der Waals surface area contributed by atoms with Crippen LogP contribution in [-0.2, 0) is 20.6 Å². The van der Waals surface area contributed by atoms with Gasteiger partial charge in [-0.1, -0.05) is 29.8 Å². The minimum atomic E-state index is -0.312. The number of rotatable bonds is 3. The van der Waals surface area contributed by atoms with Crippen molar-refractivity contribution in [2.45, 2.75) is 6.54 Å².